The number of carbonyl (C=O) groups excluding carboxylic acids is 1. The largest absolute Gasteiger partial charge is 0.349 e. The molecule has 4 rings (SSSR count). The predicted octanol–water partition coefficient (Wildman–Crippen LogP) is 3.24. The fraction of sp³-hybridized carbons (Fsp3) is 0.429. The van der Waals surface area contributed by atoms with Gasteiger partial charge in [-0.3, -0.25) is 4.79 Å². The van der Waals surface area contributed by atoms with E-state index in [0.29, 0.717) is 11.4 Å². The number of nitrogens with one attached hydrogen (secondary N) is 1. The van der Waals surface area contributed by atoms with E-state index in [9.17, 15) is 4.79 Å². The Hall–Kier alpha value is -2.96. The zero-order chi connectivity index (χ0) is 19.9. The molecule has 0 aliphatic heterocycles. The molecule has 7 heteroatoms. The summed E-state index contributed by atoms with van der Waals surface area (Å²) in [5.74, 6) is -0.0870. The van der Waals surface area contributed by atoms with Crippen molar-refractivity contribution in [1.29, 1.82) is 0 Å². The fourth-order valence-corrected chi connectivity index (χ4v) is 3.99. The molecule has 0 fully saturated rings. The van der Waals surface area contributed by atoms with Crippen LogP contribution in [0.3, 0.4) is 0 Å². The molecule has 1 unspecified atom stereocenters. The van der Waals surface area contributed by atoms with Crippen LogP contribution in [-0.2, 0) is 17.6 Å². The summed E-state index contributed by atoms with van der Waals surface area (Å²) in [5.41, 5.74) is 5.77. The van der Waals surface area contributed by atoms with Gasteiger partial charge in [-0.1, -0.05) is 42.4 Å². The summed E-state index contributed by atoms with van der Waals surface area (Å²) < 4.78 is 6.72. The van der Waals surface area contributed by atoms with Gasteiger partial charge in [-0.15, -0.1) is 0 Å². The van der Waals surface area contributed by atoms with Crippen molar-refractivity contribution in [1.82, 2.24) is 25.4 Å². The maximum absolute atomic E-state index is 12.6. The van der Waals surface area contributed by atoms with Gasteiger partial charge in [0.15, 0.2) is 0 Å². The van der Waals surface area contributed by atoms with Crippen molar-refractivity contribution >= 4 is 5.91 Å². The summed E-state index contributed by atoms with van der Waals surface area (Å²) in [5, 5.41) is 15.4. The second-order valence-electron chi connectivity index (χ2n) is 8.38. The quantitative estimate of drug-likeness (QED) is 0.752. The average Bonchev–Trinajstić information content (AvgIpc) is 3.21. The van der Waals surface area contributed by atoms with Gasteiger partial charge in [0.05, 0.1) is 30.0 Å². The molecule has 2 aromatic heterocycles. The Labute approximate surface area is 164 Å². The van der Waals surface area contributed by atoms with Crippen molar-refractivity contribution in [3.63, 3.8) is 0 Å². The van der Waals surface area contributed by atoms with Gasteiger partial charge in [0.2, 0.25) is 5.91 Å². The molecule has 1 aliphatic rings. The Kier molecular flexibility index (Phi) is 4.53. The van der Waals surface area contributed by atoms with Crippen LogP contribution < -0.4 is 5.32 Å². The van der Waals surface area contributed by atoms with Gasteiger partial charge in [0.1, 0.15) is 11.4 Å². The number of aromatic nitrogens is 4. The minimum Gasteiger partial charge on any atom is -0.349 e. The number of nitrogens with zero attached hydrogens (tertiary/aromatic N) is 4. The number of amides is 1. The third-order valence-corrected chi connectivity index (χ3v) is 5.43. The molecular weight excluding hydrogens is 354 g/mol. The smallest absolute Gasteiger partial charge is 0.226 e. The molecule has 1 aromatic carbocycles. The van der Waals surface area contributed by atoms with Crippen molar-refractivity contribution < 1.29 is 9.42 Å². The lowest BCUT2D eigenvalue weighted by molar-refractivity contribution is -0.121. The molecule has 146 valence electrons. The summed E-state index contributed by atoms with van der Waals surface area (Å²) in [7, 11) is 0. The molecule has 0 bridgehead atoms. The zero-order valence-electron chi connectivity index (χ0n) is 16.7. The number of fused-ring (bicyclic) bond motifs is 1. The first kappa shape index (κ1) is 18.4. The van der Waals surface area contributed by atoms with Crippen LogP contribution >= 0.6 is 0 Å². The van der Waals surface area contributed by atoms with Crippen LogP contribution in [0.1, 0.15) is 54.5 Å². The standard InChI is InChI=1S/C21H25N5O2/c1-13-7-5-6-8-18(13)26-19-11-21(3,4)10-17(15(19)12-22-26)23-20(27)9-16-14(2)24-28-25-16/h5-8,12,17H,9-11H2,1-4H3,(H,23,27). The van der Waals surface area contributed by atoms with Crippen LogP contribution in [0.25, 0.3) is 5.69 Å². The zero-order valence-corrected chi connectivity index (χ0v) is 16.7. The van der Waals surface area contributed by atoms with E-state index in [4.69, 9.17) is 4.63 Å². The highest BCUT2D eigenvalue weighted by atomic mass is 16.6. The van der Waals surface area contributed by atoms with E-state index in [1.54, 1.807) is 6.92 Å². The SMILES string of the molecule is Cc1ccccc1-n1ncc2c1CC(C)(C)CC2NC(=O)Cc1nonc1C. The number of benzene rings is 1. The van der Waals surface area contributed by atoms with E-state index in [1.165, 1.54) is 5.56 Å². The molecule has 7 nitrogen and oxygen atoms in total. The molecule has 1 amide bonds. The molecular formula is C21H25N5O2. The molecule has 1 N–H and O–H groups in total. The number of carbonyl (C=O) groups is 1. The summed E-state index contributed by atoms with van der Waals surface area (Å²) in [4.78, 5) is 12.6. The highest BCUT2D eigenvalue weighted by molar-refractivity contribution is 5.78. The molecule has 0 spiro atoms. The maximum atomic E-state index is 12.6. The summed E-state index contributed by atoms with van der Waals surface area (Å²) in [6.07, 6.45) is 3.83. The van der Waals surface area contributed by atoms with Gasteiger partial charge in [-0.2, -0.15) is 5.10 Å². The maximum Gasteiger partial charge on any atom is 0.226 e. The third kappa shape index (κ3) is 3.44. The average molecular weight is 379 g/mol. The van der Waals surface area contributed by atoms with Gasteiger partial charge in [-0.25, -0.2) is 9.31 Å². The Morgan fingerprint density at radius 3 is 2.79 bits per heavy atom. The Morgan fingerprint density at radius 2 is 2.07 bits per heavy atom. The third-order valence-electron chi connectivity index (χ3n) is 5.43. The van der Waals surface area contributed by atoms with Crippen LogP contribution in [0.2, 0.25) is 0 Å². The monoisotopic (exact) mass is 379 g/mol. The van der Waals surface area contributed by atoms with Gasteiger partial charge in [-0.05, 0) is 43.7 Å². The van der Waals surface area contributed by atoms with E-state index in [-0.39, 0.29) is 23.8 Å². The van der Waals surface area contributed by atoms with Crippen molar-refractivity contribution in [3.05, 3.63) is 58.7 Å². The number of hydrogen-bond acceptors (Lipinski definition) is 5. The van der Waals surface area contributed by atoms with Crippen molar-refractivity contribution in [2.45, 2.75) is 53.0 Å². The molecule has 3 aromatic rings. The second kappa shape index (κ2) is 6.89. The van der Waals surface area contributed by atoms with E-state index in [0.717, 1.165) is 29.8 Å². The topological polar surface area (TPSA) is 85.8 Å². The summed E-state index contributed by atoms with van der Waals surface area (Å²) in [6, 6.07) is 8.15. The van der Waals surface area contributed by atoms with Crippen LogP contribution in [0.5, 0.6) is 0 Å². The van der Waals surface area contributed by atoms with Crippen LogP contribution in [0.15, 0.2) is 35.1 Å². The second-order valence-corrected chi connectivity index (χ2v) is 8.38. The van der Waals surface area contributed by atoms with Crippen molar-refractivity contribution in [2.75, 3.05) is 0 Å². The molecule has 1 atom stereocenters. The fourth-order valence-electron chi connectivity index (χ4n) is 3.99. The number of rotatable bonds is 4. The number of para-hydroxylation sites is 1. The van der Waals surface area contributed by atoms with Crippen LogP contribution in [0.4, 0.5) is 0 Å². The van der Waals surface area contributed by atoms with E-state index in [1.807, 2.05) is 23.0 Å². The van der Waals surface area contributed by atoms with Gasteiger partial charge < -0.3 is 5.32 Å². The molecule has 0 radical (unpaired) electrons. The number of hydrogen-bond donors (Lipinski definition) is 1. The molecule has 28 heavy (non-hydrogen) atoms. The predicted molar refractivity (Wildman–Crippen MR) is 104 cm³/mol. The van der Waals surface area contributed by atoms with Crippen molar-refractivity contribution in [3.8, 4) is 5.69 Å². The lowest BCUT2D eigenvalue weighted by Crippen LogP contribution is -2.37. The summed E-state index contributed by atoms with van der Waals surface area (Å²) in [6.45, 7) is 8.34. The van der Waals surface area contributed by atoms with E-state index >= 15 is 0 Å². The molecule has 0 saturated heterocycles. The highest BCUT2D eigenvalue weighted by Crippen LogP contribution is 2.41. The van der Waals surface area contributed by atoms with E-state index < -0.39 is 0 Å². The Morgan fingerprint density at radius 1 is 1.29 bits per heavy atom. The Balaban J connectivity index is 1.63. The molecule has 0 saturated carbocycles. The first-order valence-electron chi connectivity index (χ1n) is 9.54. The molecule has 1 aliphatic carbocycles. The van der Waals surface area contributed by atoms with Gasteiger partial charge in [0, 0.05) is 5.56 Å². The molecule has 2 heterocycles. The van der Waals surface area contributed by atoms with Gasteiger partial charge in [0.25, 0.3) is 0 Å². The lowest BCUT2D eigenvalue weighted by Gasteiger charge is -2.36. The number of aryl methyl sites for hydroxylation is 2. The van der Waals surface area contributed by atoms with E-state index in [2.05, 4.69) is 53.6 Å². The van der Waals surface area contributed by atoms with Crippen LogP contribution in [0, 0.1) is 19.3 Å². The van der Waals surface area contributed by atoms with Gasteiger partial charge >= 0.3 is 0 Å². The normalized spacial score (nSPS) is 17.9. The van der Waals surface area contributed by atoms with Crippen LogP contribution in [-0.4, -0.2) is 26.0 Å². The Bertz CT molecular complexity index is 1020. The lowest BCUT2D eigenvalue weighted by atomic mass is 9.74. The highest BCUT2D eigenvalue weighted by Gasteiger charge is 2.36. The van der Waals surface area contributed by atoms with Crippen molar-refractivity contribution in [2.24, 2.45) is 5.41 Å². The summed E-state index contributed by atoms with van der Waals surface area (Å²) >= 11 is 0. The minimum atomic E-state index is -0.0870. The first-order valence-corrected chi connectivity index (χ1v) is 9.54. The minimum absolute atomic E-state index is 0.0524. The first-order chi connectivity index (χ1) is 13.3.